The number of nitrogens with zero attached hydrogens (tertiary/aromatic N) is 6. The molecule has 0 radical (unpaired) electrons. The van der Waals surface area contributed by atoms with Crippen LogP contribution in [0.5, 0.6) is 0 Å². The standard InChI is InChI=1S/C81H56N6/c1-7-19-53(20-8-1)60-33-41-73-67(47-60)68-48-61(54-21-9-2-10-22-54)34-42-74(68)86(73)65-39-45-77-71(51-65)72-52-66(87-75-43-35-62(55-23-11-3-12-24-55)49-69(75)70-50-63(36-44-76(70)87)56-25-13-4-14-26-56)40-46-78(72)85(77)64-37-31-59(32-38-64)81-83-79(57-27-15-5-16-28-57)82-80(84-81)58-29-17-6-18-30-58/h1-47,49,51-52,73,75H,48,50H2. The lowest BCUT2D eigenvalue weighted by Crippen LogP contribution is -2.30. The molecule has 2 aliphatic heterocycles. The Bertz CT molecular complexity index is 4640. The van der Waals surface area contributed by atoms with E-state index in [0.717, 1.165) is 57.6 Å². The Morgan fingerprint density at radius 1 is 0.322 bits per heavy atom. The van der Waals surface area contributed by atoms with Crippen molar-refractivity contribution >= 4 is 55.5 Å². The largest absolute Gasteiger partial charge is 0.330 e. The molecule has 6 heteroatoms. The Morgan fingerprint density at radius 2 is 0.667 bits per heavy atom. The molecular weight excluding hydrogens is 1060 g/mol. The predicted octanol–water partition coefficient (Wildman–Crippen LogP) is 19.0. The van der Waals surface area contributed by atoms with Crippen LogP contribution in [0.25, 0.3) is 83.9 Å². The fourth-order valence-electron chi connectivity index (χ4n) is 13.9. The van der Waals surface area contributed by atoms with Crippen molar-refractivity contribution in [3.05, 3.63) is 359 Å². The van der Waals surface area contributed by atoms with E-state index in [2.05, 4.69) is 281 Å². The maximum Gasteiger partial charge on any atom is 0.164 e. The van der Waals surface area contributed by atoms with Crippen molar-refractivity contribution < 1.29 is 0 Å². The lowest BCUT2D eigenvalue weighted by molar-refractivity contribution is 0.915. The van der Waals surface area contributed by atoms with E-state index in [9.17, 15) is 0 Å². The molecule has 87 heavy (non-hydrogen) atoms. The highest BCUT2D eigenvalue weighted by Gasteiger charge is 2.40. The fourth-order valence-corrected chi connectivity index (χ4v) is 13.9. The first-order chi connectivity index (χ1) is 43.1. The zero-order chi connectivity index (χ0) is 57.4. The van der Waals surface area contributed by atoms with Crippen molar-refractivity contribution in [1.82, 2.24) is 19.5 Å². The molecule has 410 valence electrons. The predicted molar refractivity (Wildman–Crippen MR) is 358 cm³/mol. The van der Waals surface area contributed by atoms with Crippen molar-refractivity contribution in [2.75, 3.05) is 9.80 Å². The molecule has 17 rings (SSSR count). The highest BCUT2D eigenvalue weighted by molar-refractivity contribution is 6.12. The van der Waals surface area contributed by atoms with Gasteiger partial charge in [-0.2, -0.15) is 0 Å². The van der Waals surface area contributed by atoms with Gasteiger partial charge in [0.1, 0.15) is 0 Å². The van der Waals surface area contributed by atoms with Crippen molar-refractivity contribution in [1.29, 1.82) is 0 Å². The van der Waals surface area contributed by atoms with E-state index in [1.54, 1.807) is 0 Å². The summed E-state index contributed by atoms with van der Waals surface area (Å²) in [5, 5.41) is 2.36. The van der Waals surface area contributed by atoms with Crippen LogP contribution in [-0.4, -0.2) is 31.6 Å². The maximum absolute atomic E-state index is 5.10. The molecule has 0 spiro atoms. The van der Waals surface area contributed by atoms with Crippen molar-refractivity contribution in [3.63, 3.8) is 0 Å². The SMILES string of the molecule is C1=CC2C(=C3CC(c4ccccc4)=CC=C3N2c2ccc3c(c2)c2cc(N4C5=CC=C(c6ccccc6)CC5=C5C=C(c6ccccc6)C=CC54)ccc2n3-c2ccc(-c3nc(-c4ccccc4)nc(-c4ccccc4)n3)cc2)C=C1c1ccccc1. The number of anilines is 2. The fraction of sp³-hybridized carbons (Fsp3) is 0.0494. The van der Waals surface area contributed by atoms with Crippen molar-refractivity contribution in [2.45, 2.75) is 24.9 Å². The monoisotopic (exact) mass is 1110 g/mol. The highest BCUT2D eigenvalue weighted by Crippen LogP contribution is 2.51. The first-order valence-corrected chi connectivity index (χ1v) is 30.1. The Hall–Kier alpha value is -11.2. The van der Waals surface area contributed by atoms with Gasteiger partial charge in [0.2, 0.25) is 0 Å². The topological polar surface area (TPSA) is 50.1 Å². The number of hydrogen-bond donors (Lipinski definition) is 0. The minimum atomic E-state index is 0.0165. The van der Waals surface area contributed by atoms with Crippen LogP contribution >= 0.6 is 0 Å². The molecule has 6 aliphatic rings. The summed E-state index contributed by atoms with van der Waals surface area (Å²) in [7, 11) is 0. The molecular formula is C81H56N6. The van der Waals surface area contributed by atoms with E-state index < -0.39 is 0 Å². The third kappa shape index (κ3) is 8.75. The number of allylic oxidation sites excluding steroid dienone is 12. The van der Waals surface area contributed by atoms with Gasteiger partial charge in [0, 0.05) is 68.8 Å². The Kier molecular flexibility index (Phi) is 12.1. The van der Waals surface area contributed by atoms with Gasteiger partial charge in [0.05, 0.1) is 23.1 Å². The third-order valence-corrected chi connectivity index (χ3v) is 18.1. The van der Waals surface area contributed by atoms with Gasteiger partial charge in [-0.25, -0.2) is 15.0 Å². The van der Waals surface area contributed by atoms with Gasteiger partial charge in [0.25, 0.3) is 0 Å². The van der Waals surface area contributed by atoms with E-state index in [1.165, 1.54) is 89.0 Å². The van der Waals surface area contributed by atoms with E-state index in [4.69, 9.17) is 15.0 Å². The zero-order valence-electron chi connectivity index (χ0n) is 47.6. The molecule has 11 aromatic rings. The van der Waals surface area contributed by atoms with Gasteiger partial charge in [0.15, 0.2) is 17.5 Å². The molecule has 0 bridgehead atoms. The number of aromatic nitrogens is 4. The van der Waals surface area contributed by atoms with Crippen molar-refractivity contribution in [3.8, 4) is 39.9 Å². The summed E-state index contributed by atoms with van der Waals surface area (Å²) < 4.78 is 2.44. The first kappa shape index (κ1) is 50.3. The van der Waals surface area contributed by atoms with Gasteiger partial charge >= 0.3 is 0 Å². The van der Waals surface area contributed by atoms with Crippen LogP contribution in [0.3, 0.4) is 0 Å². The molecule has 0 saturated heterocycles. The number of rotatable bonds is 10. The molecule has 9 aromatic carbocycles. The first-order valence-electron chi connectivity index (χ1n) is 30.1. The van der Waals surface area contributed by atoms with Crippen LogP contribution in [0, 0.1) is 0 Å². The summed E-state index contributed by atoms with van der Waals surface area (Å²) in [6, 6.07) is 86.7. The molecule has 2 unspecified atom stereocenters. The van der Waals surface area contributed by atoms with E-state index in [-0.39, 0.29) is 12.1 Å². The van der Waals surface area contributed by atoms with E-state index >= 15 is 0 Å². The van der Waals surface area contributed by atoms with Gasteiger partial charge < -0.3 is 14.4 Å². The summed E-state index contributed by atoms with van der Waals surface area (Å²) in [6.45, 7) is 0. The molecule has 4 aliphatic carbocycles. The second kappa shape index (κ2) is 20.8. The van der Waals surface area contributed by atoms with Gasteiger partial charge in [-0.15, -0.1) is 0 Å². The molecule has 4 heterocycles. The van der Waals surface area contributed by atoms with Crippen LogP contribution in [-0.2, 0) is 0 Å². The van der Waals surface area contributed by atoms with E-state index in [1.807, 2.05) is 36.4 Å². The van der Waals surface area contributed by atoms with Crippen LogP contribution in [0.2, 0.25) is 0 Å². The molecule has 2 aromatic heterocycles. The second-order valence-corrected chi connectivity index (χ2v) is 23.0. The summed E-state index contributed by atoms with van der Waals surface area (Å²) >= 11 is 0. The van der Waals surface area contributed by atoms with Gasteiger partial charge in [-0.05, 0) is 152 Å². The number of benzene rings is 9. The minimum absolute atomic E-state index is 0.0165. The smallest absolute Gasteiger partial charge is 0.164 e. The second-order valence-electron chi connectivity index (χ2n) is 23.0. The third-order valence-electron chi connectivity index (χ3n) is 18.1. The van der Waals surface area contributed by atoms with Crippen molar-refractivity contribution in [2.24, 2.45) is 0 Å². The summed E-state index contributed by atoms with van der Waals surface area (Å²) in [4.78, 5) is 20.3. The Labute approximate surface area is 506 Å². The average Bonchev–Trinajstić information content (AvgIpc) is 1.97. The molecule has 0 fully saturated rings. The number of fused-ring (bicyclic) bond motifs is 7. The highest BCUT2D eigenvalue weighted by atomic mass is 15.2. The van der Waals surface area contributed by atoms with Crippen LogP contribution in [0.4, 0.5) is 11.4 Å². The minimum Gasteiger partial charge on any atom is -0.330 e. The average molecular weight is 1110 g/mol. The summed E-state index contributed by atoms with van der Waals surface area (Å²) in [5.74, 6) is 1.90. The number of hydrogen-bond acceptors (Lipinski definition) is 5. The molecule has 0 N–H and O–H groups in total. The maximum atomic E-state index is 5.10. The quantitative estimate of drug-likeness (QED) is 0.137. The van der Waals surface area contributed by atoms with E-state index in [0.29, 0.717) is 17.5 Å². The lowest BCUT2D eigenvalue weighted by Gasteiger charge is -2.30. The van der Waals surface area contributed by atoms with Crippen LogP contribution in [0.1, 0.15) is 35.1 Å². The molecule has 2 atom stereocenters. The van der Waals surface area contributed by atoms with Crippen LogP contribution < -0.4 is 9.80 Å². The van der Waals surface area contributed by atoms with Gasteiger partial charge in [-0.1, -0.05) is 218 Å². The Balaban J connectivity index is 0.827. The molecule has 0 saturated carbocycles. The molecule has 6 nitrogen and oxygen atoms in total. The van der Waals surface area contributed by atoms with Crippen LogP contribution in [0.15, 0.2) is 337 Å². The lowest BCUT2D eigenvalue weighted by atomic mass is 9.87. The summed E-state index contributed by atoms with van der Waals surface area (Å²) in [6.07, 6.45) is 25.5. The normalized spacial score (nSPS) is 17.5. The molecule has 0 amide bonds. The van der Waals surface area contributed by atoms with Gasteiger partial charge in [-0.3, -0.25) is 0 Å². The zero-order valence-corrected chi connectivity index (χ0v) is 47.6. The summed E-state index contributed by atoms with van der Waals surface area (Å²) in [5.41, 5.74) is 26.4. The Morgan fingerprint density at radius 3 is 1.06 bits per heavy atom.